The number of Topliss-reactive ketones (excluding diaryl/α,β-unsaturated/α-hetero) is 1. The number of hydrogen-bond donors (Lipinski definition) is 2. The van der Waals surface area contributed by atoms with Crippen LogP contribution in [0.25, 0.3) is 5.76 Å². The van der Waals surface area contributed by atoms with E-state index in [4.69, 9.17) is 9.47 Å². The number of ether oxygens (including phenoxy) is 2. The van der Waals surface area contributed by atoms with Crippen molar-refractivity contribution in [2.75, 3.05) is 26.9 Å². The van der Waals surface area contributed by atoms with E-state index in [1.807, 2.05) is 6.92 Å². The van der Waals surface area contributed by atoms with Crippen LogP contribution < -0.4 is 4.74 Å². The molecular formula is C22H23NO6. The van der Waals surface area contributed by atoms with Gasteiger partial charge >= 0.3 is 0 Å². The summed E-state index contributed by atoms with van der Waals surface area (Å²) >= 11 is 0. The molecular weight excluding hydrogens is 374 g/mol. The Morgan fingerprint density at radius 3 is 2.52 bits per heavy atom. The SMILES string of the molecule is CCOc1cccc(C(O)=C2C(=O)C(=O)N(CCOC)C2c2ccc(O)cc2)c1. The number of phenols is 1. The number of methoxy groups -OCH3 is 1. The number of ketones is 1. The molecule has 0 saturated carbocycles. The number of amides is 1. The van der Waals surface area contributed by atoms with E-state index in [9.17, 15) is 19.8 Å². The van der Waals surface area contributed by atoms with E-state index < -0.39 is 17.7 Å². The average Bonchev–Trinajstić information content (AvgIpc) is 2.97. The van der Waals surface area contributed by atoms with Crippen molar-refractivity contribution < 1.29 is 29.3 Å². The lowest BCUT2D eigenvalue weighted by molar-refractivity contribution is -0.140. The Bertz CT molecular complexity index is 935. The highest BCUT2D eigenvalue weighted by molar-refractivity contribution is 6.46. The minimum absolute atomic E-state index is 0.00885. The van der Waals surface area contributed by atoms with Crippen LogP contribution >= 0.6 is 0 Å². The van der Waals surface area contributed by atoms with Gasteiger partial charge in [-0.1, -0.05) is 24.3 Å². The maximum Gasteiger partial charge on any atom is 0.295 e. The van der Waals surface area contributed by atoms with Gasteiger partial charge in [0, 0.05) is 19.2 Å². The number of nitrogens with zero attached hydrogens (tertiary/aromatic N) is 1. The summed E-state index contributed by atoms with van der Waals surface area (Å²) in [5, 5.41) is 20.6. The molecule has 1 amide bonds. The zero-order valence-electron chi connectivity index (χ0n) is 16.3. The van der Waals surface area contributed by atoms with Gasteiger partial charge in [-0.15, -0.1) is 0 Å². The molecule has 0 radical (unpaired) electrons. The Labute approximate surface area is 168 Å². The molecule has 7 heteroatoms. The van der Waals surface area contributed by atoms with E-state index in [1.165, 1.54) is 24.1 Å². The molecule has 0 aliphatic carbocycles. The number of likely N-dealkylation sites (tertiary alicyclic amines) is 1. The van der Waals surface area contributed by atoms with Gasteiger partial charge in [0.1, 0.15) is 17.3 Å². The van der Waals surface area contributed by atoms with E-state index >= 15 is 0 Å². The second-order valence-corrected chi connectivity index (χ2v) is 6.54. The molecule has 1 saturated heterocycles. The molecule has 0 aromatic heterocycles. The first-order chi connectivity index (χ1) is 14.0. The van der Waals surface area contributed by atoms with E-state index in [2.05, 4.69) is 0 Å². The van der Waals surface area contributed by atoms with E-state index in [-0.39, 0.29) is 30.2 Å². The molecule has 29 heavy (non-hydrogen) atoms. The second-order valence-electron chi connectivity index (χ2n) is 6.54. The molecule has 2 aromatic rings. The van der Waals surface area contributed by atoms with Gasteiger partial charge in [-0.05, 0) is 36.8 Å². The fourth-order valence-corrected chi connectivity index (χ4v) is 3.36. The molecule has 152 valence electrons. The summed E-state index contributed by atoms with van der Waals surface area (Å²) in [4.78, 5) is 26.9. The third-order valence-electron chi connectivity index (χ3n) is 4.70. The summed E-state index contributed by atoms with van der Waals surface area (Å²) in [5.74, 6) is -1.14. The lowest BCUT2D eigenvalue weighted by Crippen LogP contribution is -2.32. The lowest BCUT2D eigenvalue weighted by Gasteiger charge is -2.25. The lowest BCUT2D eigenvalue weighted by atomic mass is 9.95. The summed E-state index contributed by atoms with van der Waals surface area (Å²) in [6, 6.07) is 12.1. The van der Waals surface area contributed by atoms with Crippen molar-refractivity contribution in [3.05, 3.63) is 65.2 Å². The van der Waals surface area contributed by atoms with Gasteiger partial charge < -0.3 is 24.6 Å². The van der Waals surface area contributed by atoms with Gasteiger partial charge in [-0.3, -0.25) is 9.59 Å². The number of aliphatic hydroxyl groups excluding tert-OH is 1. The van der Waals surface area contributed by atoms with Gasteiger partial charge in [0.25, 0.3) is 11.7 Å². The maximum absolute atomic E-state index is 12.8. The van der Waals surface area contributed by atoms with Crippen LogP contribution in [0.2, 0.25) is 0 Å². The highest BCUT2D eigenvalue weighted by Crippen LogP contribution is 2.39. The molecule has 1 unspecified atom stereocenters. The summed E-state index contributed by atoms with van der Waals surface area (Å²) in [6.07, 6.45) is 0. The summed E-state index contributed by atoms with van der Waals surface area (Å²) in [6.45, 7) is 2.72. The number of hydrogen-bond acceptors (Lipinski definition) is 6. The number of phenolic OH excluding ortho intramolecular Hbond substituents is 1. The third-order valence-corrected chi connectivity index (χ3v) is 4.70. The van der Waals surface area contributed by atoms with Gasteiger partial charge in [0.05, 0.1) is 24.8 Å². The largest absolute Gasteiger partial charge is 0.508 e. The van der Waals surface area contributed by atoms with E-state index in [0.29, 0.717) is 23.5 Å². The average molecular weight is 397 g/mol. The Hall–Kier alpha value is -3.32. The number of aliphatic hydroxyl groups is 1. The number of carbonyl (C=O) groups excluding carboxylic acids is 2. The van der Waals surface area contributed by atoms with E-state index in [0.717, 1.165) is 0 Å². The highest BCUT2D eigenvalue weighted by atomic mass is 16.5. The molecule has 3 rings (SSSR count). The smallest absolute Gasteiger partial charge is 0.295 e. The predicted molar refractivity (Wildman–Crippen MR) is 107 cm³/mol. The zero-order valence-corrected chi connectivity index (χ0v) is 16.3. The molecule has 1 atom stereocenters. The monoisotopic (exact) mass is 397 g/mol. The molecule has 0 spiro atoms. The van der Waals surface area contributed by atoms with Crippen molar-refractivity contribution in [3.63, 3.8) is 0 Å². The first-order valence-corrected chi connectivity index (χ1v) is 9.27. The van der Waals surface area contributed by atoms with Crippen molar-refractivity contribution in [2.45, 2.75) is 13.0 Å². The minimum atomic E-state index is -0.790. The van der Waals surface area contributed by atoms with E-state index in [1.54, 1.807) is 36.4 Å². The third kappa shape index (κ3) is 4.09. The Kier molecular flexibility index (Phi) is 6.19. The van der Waals surface area contributed by atoms with Crippen LogP contribution in [0.5, 0.6) is 11.5 Å². The summed E-state index contributed by atoms with van der Waals surface area (Å²) in [5.41, 5.74) is 0.968. The zero-order chi connectivity index (χ0) is 21.0. The first-order valence-electron chi connectivity index (χ1n) is 9.27. The second kappa shape index (κ2) is 8.79. The fourth-order valence-electron chi connectivity index (χ4n) is 3.36. The van der Waals surface area contributed by atoms with Gasteiger partial charge in [-0.25, -0.2) is 0 Å². The molecule has 2 aromatic carbocycles. The van der Waals surface area contributed by atoms with Gasteiger partial charge in [0.2, 0.25) is 0 Å². The number of rotatable bonds is 7. The van der Waals surface area contributed by atoms with Crippen LogP contribution in [0.1, 0.15) is 24.1 Å². The molecule has 1 fully saturated rings. The van der Waals surface area contributed by atoms with Crippen molar-refractivity contribution in [2.24, 2.45) is 0 Å². The van der Waals surface area contributed by atoms with Gasteiger partial charge in [-0.2, -0.15) is 0 Å². The molecule has 7 nitrogen and oxygen atoms in total. The fraction of sp³-hybridized carbons (Fsp3) is 0.273. The van der Waals surface area contributed by atoms with Crippen molar-refractivity contribution in [1.29, 1.82) is 0 Å². The summed E-state index contributed by atoms with van der Waals surface area (Å²) in [7, 11) is 1.51. The van der Waals surface area contributed by atoms with Crippen LogP contribution in [0.15, 0.2) is 54.1 Å². The normalized spacial score (nSPS) is 18.3. The van der Waals surface area contributed by atoms with Crippen molar-refractivity contribution >= 4 is 17.4 Å². The first kappa shape index (κ1) is 20.4. The summed E-state index contributed by atoms with van der Waals surface area (Å²) < 4.78 is 10.5. The molecule has 0 bridgehead atoms. The number of carbonyl (C=O) groups is 2. The van der Waals surface area contributed by atoms with Crippen LogP contribution in [0.4, 0.5) is 0 Å². The van der Waals surface area contributed by atoms with Crippen molar-refractivity contribution in [3.8, 4) is 11.5 Å². The molecule has 1 heterocycles. The van der Waals surface area contributed by atoms with Gasteiger partial charge in [0.15, 0.2) is 0 Å². The van der Waals surface area contributed by atoms with Crippen LogP contribution in [0, 0.1) is 0 Å². The topological polar surface area (TPSA) is 96.3 Å². The molecule has 2 N–H and O–H groups in total. The number of aromatic hydroxyl groups is 1. The Morgan fingerprint density at radius 2 is 1.86 bits per heavy atom. The van der Waals surface area contributed by atoms with Crippen LogP contribution in [-0.2, 0) is 14.3 Å². The van der Waals surface area contributed by atoms with Crippen LogP contribution in [0.3, 0.4) is 0 Å². The highest BCUT2D eigenvalue weighted by Gasteiger charge is 2.45. The predicted octanol–water partition coefficient (Wildman–Crippen LogP) is 2.86. The number of benzene rings is 2. The molecule has 1 aliphatic rings. The Balaban J connectivity index is 2.13. The standard InChI is InChI=1S/C22H23NO6/c1-3-29-17-6-4-5-15(13-17)20(25)18-19(14-7-9-16(24)10-8-14)23(11-12-28-2)22(27)21(18)26/h4-10,13,19,24-25H,3,11-12H2,1-2H3. The Morgan fingerprint density at radius 1 is 1.14 bits per heavy atom. The molecule has 1 aliphatic heterocycles. The minimum Gasteiger partial charge on any atom is -0.508 e. The van der Waals surface area contributed by atoms with Crippen molar-refractivity contribution in [1.82, 2.24) is 4.90 Å². The quantitative estimate of drug-likeness (QED) is 0.424. The maximum atomic E-state index is 12.8. The van der Waals surface area contributed by atoms with Crippen LogP contribution in [-0.4, -0.2) is 53.7 Å².